The second-order valence-electron chi connectivity index (χ2n) is 12.6. The summed E-state index contributed by atoms with van der Waals surface area (Å²) in [6.45, 7) is -0.122. The number of methoxy groups -OCH3 is 6. The number of benzene rings is 5. The number of aliphatic hydroxyl groups is 2. The van der Waals surface area contributed by atoms with Crippen molar-refractivity contribution in [3.8, 4) is 46.0 Å². The zero-order chi connectivity index (χ0) is 43.3. The molecule has 2 unspecified atom stereocenters. The van der Waals surface area contributed by atoms with Gasteiger partial charge in [0.05, 0.1) is 42.7 Å². The first-order chi connectivity index (χ1) is 27.9. The van der Waals surface area contributed by atoms with Gasteiger partial charge in [0, 0.05) is 51.8 Å². The van der Waals surface area contributed by atoms with Crippen LogP contribution < -0.4 is 48.9 Å². The first-order valence-corrected chi connectivity index (χ1v) is 17.3. The molecular formula is C41H40F6N2O10. The normalized spacial score (nSPS) is 13.7. The topological polar surface area (TPSA) is 152 Å². The Morgan fingerprint density at radius 2 is 0.983 bits per heavy atom. The van der Waals surface area contributed by atoms with Gasteiger partial charge in [0.25, 0.3) is 0 Å². The van der Waals surface area contributed by atoms with E-state index in [0.717, 1.165) is 36.4 Å². The van der Waals surface area contributed by atoms with Gasteiger partial charge in [-0.1, -0.05) is 24.3 Å². The molecule has 5 aromatic carbocycles. The van der Waals surface area contributed by atoms with Gasteiger partial charge in [0.1, 0.15) is 23.0 Å². The molecule has 0 saturated heterocycles. The van der Waals surface area contributed by atoms with Gasteiger partial charge in [0.15, 0.2) is 34.2 Å². The largest absolute Gasteiger partial charge is 0.573 e. The van der Waals surface area contributed by atoms with Crippen LogP contribution in [-0.2, 0) is 17.7 Å². The molecule has 0 spiro atoms. The number of alkyl halides is 6. The number of nitrogens with one attached hydrogen (secondary N) is 1. The van der Waals surface area contributed by atoms with Crippen LogP contribution in [0.2, 0.25) is 0 Å². The minimum Gasteiger partial charge on any atom is -0.497 e. The van der Waals surface area contributed by atoms with Crippen LogP contribution in [0.3, 0.4) is 0 Å². The highest BCUT2D eigenvalue weighted by Gasteiger charge is 2.59. The predicted molar refractivity (Wildman–Crippen MR) is 203 cm³/mol. The molecule has 0 radical (unpaired) electrons. The molecule has 2 atom stereocenters. The van der Waals surface area contributed by atoms with Crippen molar-refractivity contribution in [1.29, 1.82) is 0 Å². The van der Waals surface area contributed by atoms with E-state index in [0.29, 0.717) is 17.1 Å². The van der Waals surface area contributed by atoms with Crippen LogP contribution in [0, 0.1) is 0 Å². The molecular weight excluding hydrogens is 794 g/mol. The molecule has 18 heteroatoms. The van der Waals surface area contributed by atoms with Gasteiger partial charge < -0.3 is 59.2 Å². The van der Waals surface area contributed by atoms with E-state index in [-0.39, 0.29) is 40.8 Å². The van der Waals surface area contributed by atoms with Crippen LogP contribution in [0.5, 0.6) is 46.0 Å². The van der Waals surface area contributed by atoms with Gasteiger partial charge in [-0.05, 0) is 60.7 Å². The Kier molecular flexibility index (Phi) is 12.8. The van der Waals surface area contributed by atoms with E-state index >= 15 is 0 Å². The fraction of sp³-hybridized carbons (Fsp3) is 0.268. The van der Waals surface area contributed by atoms with Gasteiger partial charge >= 0.3 is 12.7 Å². The minimum absolute atomic E-state index is 0.0364. The Labute approximate surface area is 334 Å². The van der Waals surface area contributed by atoms with Crippen LogP contribution >= 0.6 is 0 Å². The van der Waals surface area contributed by atoms with Crippen LogP contribution in [0.25, 0.3) is 0 Å². The van der Waals surface area contributed by atoms with Crippen molar-refractivity contribution in [2.24, 2.45) is 0 Å². The maximum atomic E-state index is 14.0. The Morgan fingerprint density at radius 1 is 0.508 bits per heavy atom. The van der Waals surface area contributed by atoms with E-state index in [2.05, 4.69) is 14.8 Å². The van der Waals surface area contributed by atoms with Crippen molar-refractivity contribution in [3.63, 3.8) is 0 Å². The Balaban J connectivity index is 2.01. The molecule has 59 heavy (non-hydrogen) atoms. The third-order valence-corrected chi connectivity index (χ3v) is 9.34. The highest BCUT2D eigenvalue weighted by molar-refractivity contribution is 5.71. The second kappa shape index (κ2) is 17.2. The van der Waals surface area contributed by atoms with Crippen molar-refractivity contribution in [2.75, 3.05) is 53.7 Å². The molecule has 0 aliphatic heterocycles. The highest BCUT2D eigenvalue weighted by atomic mass is 19.4. The van der Waals surface area contributed by atoms with Crippen LogP contribution in [0.1, 0.15) is 27.8 Å². The molecule has 0 aromatic heterocycles. The summed E-state index contributed by atoms with van der Waals surface area (Å²) in [7, 11) is 7.76. The molecule has 5 N–H and O–H groups in total. The zero-order valence-electron chi connectivity index (χ0n) is 32.4. The van der Waals surface area contributed by atoms with E-state index in [1.54, 1.807) is 18.2 Å². The van der Waals surface area contributed by atoms with Crippen LogP contribution in [-0.4, -0.2) is 65.6 Å². The van der Waals surface area contributed by atoms with Crippen molar-refractivity contribution < 1.29 is 74.5 Å². The number of nitrogens with two attached hydrogens (primary N) is 1. The summed E-state index contributed by atoms with van der Waals surface area (Å²) in [4.78, 5) is 0. The molecule has 5 rings (SSSR count). The first kappa shape index (κ1) is 43.7. The lowest BCUT2D eigenvalue weighted by Gasteiger charge is -2.47. The summed E-state index contributed by atoms with van der Waals surface area (Å²) in [5.74, 6) is -1.57. The minimum atomic E-state index is -5.26. The van der Waals surface area contributed by atoms with Gasteiger partial charge in [-0.15, -0.1) is 26.3 Å². The SMILES string of the molecule is COc1ccc(CNc2ccc(OC(F)(F)F)cc2C(O)(c2cccc(OC)c2OC)C(O)(c2cc(OC(F)(F)F)ccc2N)c2cccc(OC)c2OC)c(OC)c1. The number of ether oxygens (including phenoxy) is 8. The van der Waals surface area contributed by atoms with E-state index < -0.39 is 57.8 Å². The lowest BCUT2D eigenvalue weighted by atomic mass is 9.65. The van der Waals surface area contributed by atoms with Crippen molar-refractivity contribution in [1.82, 2.24) is 0 Å². The molecule has 0 saturated carbocycles. The summed E-state index contributed by atoms with van der Waals surface area (Å²) < 4.78 is 125. The maximum absolute atomic E-state index is 14.0. The predicted octanol–water partition coefficient (Wildman–Crippen LogP) is 7.90. The molecule has 0 fully saturated rings. The number of hydrogen-bond acceptors (Lipinski definition) is 12. The number of halogens is 6. The molecule has 0 heterocycles. The molecule has 0 amide bonds. The number of hydrogen-bond donors (Lipinski definition) is 4. The fourth-order valence-corrected chi connectivity index (χ4v) is 6.82. The zero-order valence-corrected chi connectivity index (χ0v) is 32.4. The summed E-state index contributed by atoms with van der Waals surface area (Å²) in [6.07, 6.45) is -10.5. The summed E-state index contributed by atoms with van der Waals surface area (Å²) in [6, 6.07) is 18.4. The molecule has 12 nitrogen and oxygen atoms in total. The Bertz CT molecular complexity index is 2270. The highest BCUT2D eigenvalue weighted by Crippen LogP contribution is 2.59. The maximum Gasteiger partial charge on any atom is 0.573 e. The van der Waals surface area contributed by atoms with Crippen LogP contribution in [0.15, 0.2) is 91.0 Å². The van der Waals surface area contributed by atoms with Crippen molar-refractivity contribution in [3.05, 3.63) is 119 Å². The van der Waals surface area contributed by atoms with E-state index in [9.17, 15) is 36.6 Å². The average molecular weight is 835 g/mol. The van der Waals surface area contributed by atoms with Gasteiger partial charge in [-0.2, -0.15) is 0 Å². The van der Waals surface area contributed by atoms with Gasteiger partial charge in [-0.25, -0.2) is 0 Å². The Hall–Kier alpha value is -6.40. The third kappa shape index (κ3) is 8.73. The summed E-state index contributed by atoms with van der Waals surface area (Å²) in [5.41, 5.74) is -1.90. The van der Waals surface area contributed by atoms with E-state index in [4.69, 9.17) is 34.2 Å². The van der Waals surface area contributed by atoms with Crippen LogP contribution in [0.4, 0.5) is 37.7 Å². The second-order valence-corrected chi connectivity index (χ2v) is 12.6. The third-order valence-electron chi connectivity index (χ3n) is 9.34. The molecule has 0 bridgehead atoms. The lowest BCUT2D eigenvalue weighted by molar-refractivity contribution is -0.275. The van der Waals surface area contributed by atoms with E-state index in [1.807, 2.05) is 0 Å². The van der Waals surface area contributed by atoms with Crippen molar-refractivity contribution in [2.45, 2.75) is 30.5 Å². The van der Waals surface area contributed by atoms with Gasteiger partial charge in [-0.3, -0.25) is 0 Å². The smallest absolute Gasteiger partial charge is 0.497 e. The monoisotopic (exact) mass is 834 g/mol. The average Bonchev–Trinajstić information content (AvgIpc) is 3.21. The quantitative estimate of drug-likeness (QED) is 0.0565. The molecule has 0 aliphatic carbocycles. The number of nitrogen functional groups attached to an aromatic ring is 1. The standard InChI is InChI=1S/C41H40F6N2O10/c1-52-24-14-13-23(35(21-24)55-4)22-49-32-18-16-26(59-41(45,46)47)20-30(32)39(51,28-10-8-12-34(54-3)37(28)57-6)38(50,27-9-7-11-33(53-2)36(27)56-5)29-19-25(15-17-31(29)48)58-40(42,43)44/h7-21,49-51H,22,48H2,1-6H3. The number of anilines is 2. The molecule has 5 aromatic rings. The fourth-order valence-electron chi connectivity index (χ4n) is 6.82. The number of para-hydroxylation sites is 2. The summed E-state index contributed by atoms with van der Waals surface area (Å²) in [5, 5.41) is 30.9. The lowest BCUT2D eigenvalue weighted by Crippen LogP contribution is -2.52. The summed E-state index contributed by atoms with van der Waals surface area (Å²) >= 11 is 0. The van der Waals surface area contributed by atoms with Gasteiger partial charge in [0.2, 0.25) is 0 Å². The van der Waals surface area contributed by atoms with Crippen molar-refractivity contribution >= 4 is 11.4 Å². The molecule has 316 valence electrons. The first-order valence-electron chi connectivity index (χ1n) is 17.3. The Morgan fingerprint density at radius 3 is 1.46 bits per heavy atom. The molecule has 0 aliphatic rings. The number of rotatable bonds is 16. The van der Waals surface area contributed by atoms with E-state index in [1.165, 1.54) is 79.1 Å².